The molecule has 1 aromatic rings. The quantitative estimate of drug-likeness (QED) is 0.896. The van der Waals surface area contributed by atoms with Crippen molar-refractivity contribution in [2.75, 3.05) is 19.7 Å². The number of hydrogen-bond acceptors (Lipinski definition) is 3. The molecule has 0 radical (unpaired) electrons. The Balaban J connectivity index is 1.80. The molecule has 104 valence electrons. The molecule has 1 unspecified atom stereocenters. The van der Waals surface area contributed by atoms with Crippen LogP contribution in [0.15, 0.2) is 24.3 Å². The highest BCUT2D eigenvalue weighted by Gasteiger charge is 2.27. The Kier molecular flexibility index (Phi) is 5.19. The van der Waals surface area contributed by atoms with E-state index in [0.717, 1.165) is 24.9 Å². The monoisotopic (exact) mass is 282 g/mol. The summed E-state index contributed by atoms with van der Waals surface area (Å²) in [4.78, 5) is 13.8. The van der Waals surface area contributed by atoms with Crippen molar-refractivity contribution in [3.63, 3.8) is 0 Å². The Bertz CT molecular complexity index is 439. The van der Waals surface area contributed by atoms with Crippen molar-refractivity contribution in [3.05, 3.63) is 34.9 Å². The van der Waals surface area contributed by atoms with E-state index in [9.17, 15) is 4.79 Å². The van der Waals surface area contributed by atoms with Crippen LogP contribution in [0.2, 0.25) is 5.02 Å². The number of halogens is 1. The van der Waals surface area contributed by atoms with E-state index in [1.807, 2.05) is 29.2 Å². The molecule has 5 heteroatoms. The zero-order valence-electron chi connectivity index (χ0n) is 10.8. The van der Waals surface area contributed by atoms with Crippen molar-refractivity contribution in [1.82, 2.24) is 4.90 Å². The van der Waals surface area contributed by atoms with E-state index in [0.29, 0.717) is 18.2 Å². The smallest absolute Gasteiger partial charge is 0.248 e. The fourth-order valence-corrected chi connectivity index (χ4v) is 2.55. The molecule has 0 spiro atoms. The molecule has 1 amide bonds. The lowest BCUT2D eigenvalue weighted by Crippen LogP contribution is -2.41. The lowest BCUT2D eigenvalue weighted by Gasteiger charge is -2.23. The van der Waals surface area contributed by atoms with Crippen LogP contribution in [0.5, 0.6) is 0 Å². The van der Waals surface area contributed by atoms with Gasteiger partial charge in [0.05, 0.1) is 6.61 Å². The number of amides is 1. The normalized spacial score (nSPS) is 18.8. The average Bonchev–Trinajstić information content (AvgIpc) is 2.89. The summed E-state index contributed by atoms with van der Waals surface area (Å²) in [5.74, 6) is 0.0139. The highest BCUT2D eigenvalue weighted by atomic mass is 35.5. The van der Waals surface area contributed by atoms with Crippen LogP contribution in [0.3, 0.4) is 0 Å². The number of nitrogens with zero attached hydrogens (tertiary/aromatic N) is 1. The molecule has 0 aromatic heterocycles. The molecule has 0 aliphatic carbocycles. The third-order valence-electron chi connectivity index (χ3n) is 3.41. The summed E-state index contributed by atoms with van der Waals surface area (Å²) in [6.45, 7) is 1.75. The van der Waals surface area contributed by atoms with Crippen molar-refractivity contribution in [3.8, 4) is 0 Å². The summed E-state index contributed by atoms with van der Waals surface area (Å²) in [6, 6.07) is 7.65. The fourth-order valence-electron chi connectivity index (χ4n) is 2.36. The van der Waals surface area contributed by atoms with Crippen LogP contribution in [0.25, 0.3) is 0 Å². The summed E-state index contributed by atoms with van der Waals surface area (Å²) >= 11 is 6.02. The molecule has 4 nitrogen and oxygen atoms in total. The van der Waals surface area contributed by atoms with Gasteiger partial charge in [-0.1, -0.05) is 29.8 Å². The number of rotatable bonds is 5. The minimum atomic E-state index is 0.0139. The van der Waals surface area contributed by atoms with Gasteiger partial charge in [0, 0.05) is 24.2 Å². The predicted molar refractivity (Wildman–Crippen MR) is 74.9 cm³/mol. The molecular weight excluding hydrogens is 264 g/mol. The Labute approximate surface area is 118 Å². The summed E-state index contributed by atoms with van der Waals surface area (Å²) in [6.07, 6.45) is 2.02. The zero-order valence-corrected chi connectivity index (χ0v) is 11.6. The van der Waals surface area contributed by atoms with Gasteiger partial charge in [-0.25, -0.2) is 0 Å². The van der Waals surface area contributed by atoms with E-state index in [-0.39, 0.29) is 18.6 Å². The number of likely N-dealkylation sites (tertiary alicyclic amines) is 1. The molecule has 0 saturated carbocycles. The van der Waals surface area contributed by atoms with Gasteiger partial charge in [-0.05, 0) is 24.5 Å². The second-order valence-electron chi connectivity index (χ2n) is 4.70. The van der Waals surface area contributed by atoms with Crippen LogP contribution >= 0.6 is 11.6 Å². The number of carbonyl (C=O) groups is 1. The molecule has 1 heterocycles. The van der Waals surface area contributed by atoms with E-state index >= 15 is 0 Å². The number of carbonyl (C=O) groups excluding carboxylic acids is 1. The Morgan fingerprint density at radius 1 is 1.47 bits per heavy atom. The first-order valence-electron chi connectivity index (χ1n) is 6.53. The summed E-state index contributed by atoms with van der Waals surface area (Å²) in [7, 11) is 0. The summed E-state index contributed by atoms with van der Waals surface area (Å²) in [5.41, 5.74) is 6.55. The van der Waals surface area contributed by atoms with E-state index in [4.69, 9.17) is 22.1 Å². The van der Waals surface area contributed by atoms with Crippen LogP contribution in [0.1, 0.15) is 18.4 Å². The highest BCUT2D eigenvalue weighted by molar-refractivity contribution is 6.31. The maximum absolute atomic E-state index is 12.0. The topological polar surface area (TPSA) is 55.6 Å². The van der Waals surface area contributed by atoms with E-state index in [2.05, 4.69) is 0 Å². The Morgan fingerprint density at radius 2 is 2.26 bits per heavy atom. The summed E-state index contributed by atoms with van der Waals surface area (Å²) in [5, 5.41) is 0.663. The lowest BCUT2D eigenvalue weighted by molar-refractivity contribution is -0.137. The van der Waals surface area contributed by atoms with Gasteiger partial charge in [0.15, 0.2) is 0 Å². The van der Waals surface area contributed by atoms with Crippen molar-refractivity contribution < 1.29 is 9.53 Å². The Hall–Kier alpha value is -1.10. The largest absolute Gasteiger partial charge is 0.367 e. The zero-order chi connectivity index (χ0) is 13.7. The SMILES string of the molecule is NCC1CCCN1C(=O)COCc1ccccc1Cl. The lowest BCUT2D eigenvalue weighted by atomic mass is 10.2. The van der Waals surface area contributed by atoms with E-state index < -0.39 is 0 Å². The van der Waals surface area contributed by atoms with E-state index in [1.54, 1.807) is 0 Å². The molecule has 2 N–H and O–H groups in total. The van der Waals surface area contributed by atoms with Gasteiger partial charge in [0.1, 0.15) is 6.61 Å². The third-order valence-corrected chi connectivity index (χ3v) is 3.78. The van der Waals surface area contributed by atoms with Crippen molar-refractivity contribution in [2.24, 2.45) is 5.73 Å². The highest BCUT2D eigenvalue weighted by Crippen LogP contribution is 2.18. The number of benzene rings is 1. The molecule has 2 rings (SSSR count). The fraction of sp³-hybridized carbons (Fsp3) is 0.500. The van der Waals surface area contributed by atoms with Crippen LogP contribution in [-0.4, -0.2) is 36.5 Å². The molecule has 1 aliphatic rings. The summed E-state index contributed by atoms with van der Waals surface area (Å²) < 4.78 is 5.45. The van der Waals surface area contributed by atoms with Crippen LogP contribution in [0, 0.1) is 0 Å². The van der Waals surface area contributed by atoms with Crippen molar-refractivity contribution in [1.29, 1.82) is 0 Å². The number of hydrogen-bond donors (Lipinski definition) is 1. The first kappa shape index (κ1) is 14.3. The molecule has 1 aromatic carbocycles. The molecular formula is C14H19ClN2O2. The van der Waals surface area contributed by atoms with Crippen LogP contribution in [-0.2, 0) is 16.1 Å². The van der Waals surface area contributed by atoms with Crippen molar-refractivity contribution in [2.45, 2.75) is 25.5 Å². The van der Waals surface area contributed by atoms with Gasteiger partial charge >= 0.3 is 0 Å². The third kappa shape index (κ3) is 3.69. The molecule has 1 saturated heterocycles. The number of ether oxygens (including phenoxy) is 1. The average molecular weight is 283 g/mol. The van der Waals surface area contributed by atoms with Crippen molar-refractivity contribution >= 4 is 17.5 Å². The first-order chi connectivity index (χ1) is 9.22. The maximum Gasteiger partial charge on any atom is 0.248 e. The van der Waals surface area contributed by atoms with Gasteiger partial charge in [0.2, 0.25) is 5.91 Å². The second-order valence-corrected chi connectivity index (χ2v) is 5.11. The molecule has 0 bridgehead atoms. The first-order valence-corrected chi connectivity index (χ1v) is 6.91. The van der Waals surface area contributed by atoms with Gasteiger partial charge in [-0.15, -0.1) is 0 Å². The maximum atomic E-state index is 12.0. The molecule has 1 atom stereocenters. The van der Waals surface area contributed by atoms with Gasteiger partial charge in [-0.3, -0.25) is 4.79 Å². The Morgan fingerprint density at radius 3 is 3.00 bits per heavy atom. The molecule has 19 heavy (non-hydrogen) atoms. The van der Waals surface area contributed by atoms with Gasteiger partial charge in [-0.2, -0.15) is 0 Å². The minimum absolute atomic E-state index is 0.0139. The standard InChI is InChI=1S/C14H19ClN2O2/c15-13-6-2-1-4-11(13)9-19-10-14(18)17-7-3-5-12(17)8-16/h1-2,4,6,12H,3,5,7-10,16H2. The number of nitrogens with two attached hydrogens (primary N) is 1. The van der Waals surface area contributed by atoms with Gasteiger partial charge in [0.25, 0.3) is 0 Å². The molecule has 1 fully saturated rings. The van der Waals surface area contributed by atoms with Crippen LogP contribution in [0.4, 0.5) is 0 Å². The van der Waals surface area contributed by atoms with Crippen LogP contribution < -0.4 is 5.73 Å². The predicted octanol–water partition coefficient (Wildman–Crippen LogP) is 1.81. The second kappa shape index (κ2) is 6.89. The minimum Gasteiger partial charge on any atom is -0.367 e. The van der Waals surface area contributed by atoms with E-state index in [1.165, 1.54) is 0 Å². The molecule has 1 aliphatic heterocycles. The van der Waals surface area contributed by atoms with Gasteiger partial charge < -0.3 is 15.4 Å².